The largest absolute Gasteiger partial charge is 0.457 e. The van der Waals surface area contributed by atoms with Gasteiger partial charge in [-0.15, -0.1) is 0 Å². The molecule has 1 fully saturated rings. The molecule has 2 aromatic carbocycles. The molecule has 3 aromatic rings. The Kier molecular flexibility index (Phi) is 5.45. The standard InChI is InChI=1S/C22H13F4NO3S/c23-14-7-5-13(6-8-14)12-27-20(28)19(31-21(27)29)11-15-9-10-18(30-15)16-3-1-2-4-17(16)22(24,25)26/h1-11H,12H2/b19-11-. The molecular formula is C22H13F4NO3S. The zero-order valence-electron chi connectivity index (χ0n) is 15.7. The van der Waals surface area contributed by atoms with Gasteiger partial charge in [-0.2, -0.15) is 13.2 Å². The highest BCUT2D eigenvalue weighted by Crippen LogP contribution is 2.38. The fourth-order valence-electron chi connectivity index (χ4n) is 3.06. The molecule has 2 heterocycles. The molecule has 0 unspecified atom stereocenters. The summed E-state index contributed by atoms with van der Waals surface area (Å²) >= 11 is 0.696. The molecule has 0 spiro atoms. The first-order valence-corrected chi connectivity index (χ1v) is 9.80. The van der Waals surface area contributed by atoms with Crippen molar-refractivity contribution in [2.75, 3.05) is 0 Å². The first-order valence-electron chi connectivity index (χ1n) is 8.98. The first kappa shape index (κ1) is 20.9. The van der Waals surface area contributed by atoms with E-state index in [1.165, 1.54) is 60.7 Å². The number of benzene rings is 2. The Hall–Kier alpha value is -3.33. The number of carbonyl (C=O) groups excluding carboxylic acids is 2. The van der Waals surface area contributed by atoms with Gasteiger partial charge in [0.15, 0.2) is 0 Å². The summed E-state index contributed by atoms with van der Waals surface area (Å²) < 4.78 is 58.3. The summed E-state index contributed by atoms with van der Waals surface area (Å²) in [7, 11) is 0. The highest BCUT2D eigenvalue weighted by atomic mass is 32.2. The van der Waals surface area contributed by atoms with Crippen LogP contribution in [-0.2, 0) is 17.5 Å². The third-order valence-corrected chi connectivity index (χ3v) is 5.43. The van der Waals surface area contributed by atoms with Crippen LogP contribution in [0.15, 0.2) is 70.0 Å². The number of amides is 2. The minimum atomic E-state index is -4.55. The van der Waals surface area contributed by atoms with Crippen molar-refractivity contribution in [3.8, 4) is 11.3 Å². The van der Waals surface area contributed by atoms with Gasteiger partial charge in [0.05, 0.1) is 17.0 Å². The van der Waals surface area contributed by atoms with Crippen LogP contribution in [0.5, 0.6) is 0 Å². The van der Waals surface area contributed by atoms with Crippen molar-refractivity contribution in [1.29, 1.82) is 0 Å². The van der Waals surface area contributed by atoms with Crippen LogP contribution >= 0.6 is 11.8 Å². The van der Waals surface area contributed by atoms with Gasteiger partial charge < -0.3 is 4.42 Å². The Morgan fingerprint density at radius 2 is 1.68 bits per heavy atom. The molecule has 0 atom stereocenters. The summed E-state index contributed by atoms with van der Waals surface area (Å²) in [4.78, 5) is 25.9. The number of carbonyl (C=O) groups is 2. The van der Waals surface area contributed by atoms with Crippen molar-refractivity contribution in [2.24, 2.45) is 0 Å². The Bertz CT molecular complexity index is 1180. The Morgan fingerprint density at radius 3 is 2.39 bits per heavy atom. The van der Waals surface area contributed by atoms with E-state index in [4.69, 9.17) is 4.42 Å². The van der Waals surface area contributed by atoms with Crippen LogP contribution in [-0.4, -0.2) is 16.0 Å². The van der Waals surface area contributed by atoms with E-state index >= 15 is 0 Å². The zero-order chi connectivity index (χ0) is 22.2. The van der Waals surface area contributed by atoms with E-state index in [0.29, 0.717) is 17.3 Å². The molecule has 0 aliphatic carbocycles. The number of nitrogens with zero attached hydrogens (tertiary/aromatic N) is 1. The van der Waals surface area contributed by atoms with Crippen LogP contribution in [0.25, 0.3) is 17.4 Å². The average Bonchev–Trinajstić information content (AvgIpc) is 3.29. The monoisotopic (exact) mass is 447 g/mol. The quantitative estimate of drug-likeness (QED) is 0.346. The maximum atomic E-state index is 13.2. The van der Waals surface area contributed by atoms with Gasteiger partial charge in [-0.05, 0) is 47.7 Å². The van der Waals surface area contributed by atoms with Crippen LogP contribution in [0, 0.1) is 5.82 Å². The first-order chi connectivity index (χ1) is 14.7. The van der Waals surface area contributed by atoms with Crippen molar-refractivity contribution >= 4 is 29.0 Å². The Morgan fingerprint density at radius 1 is 0.968 bits per heavy atom. The van der Waals surface area contributed by atoms with Gasteiger partial charge in [-0.25, -0.2) is 4.39 Å². The molecule has 0 saturated carbocycles. The number of alkyl halides is 3. The van der Waals surface area contributed by atoms with Gasteiger partial charge in [-0.1, -0.05) is 30.3 Å². The number of hydrogen-bond acceptors (Lipinski definition) is 4. The lowest BCUT2D eigenvalue weighted by Crippen LogP contribution is -2.27. The van der Waals surface area contributed by atoms with E-state index in [9.17, 15) is 27.2 Å². The van der Waals surface area contributed by atoms with E-state index in [2.05, 4.69) is 0 Å². The van der Waals surface area contributed by atoms with Gasteiger partial charge in [0.2, 0.25) is 0 Å². The summed E-state index contributed by atoms with van der Waals surface area (Å²) in [6.07, 6.45) is -3.23. The van der Waals surface area contributed by atoms with Crippen molar-refractivity contribution in [3.63, 3.8) is 0 Å². The van der Waals surface area contributed by atoms with E-state index in [1.54, 1.807) is 0 Å². The lowest BCUT2D eigenvalue weighted by atomic mass is 10.1. The van der Waals surface area contributed by atoms with Gasteiger partial charge in [0.1, 0.15) is 17.3 Å². The van der Waals surface area contributed by atoms with Crippen LogP contribution in [0.1, 0.15) is 16.9 Å². The van der Waals surface area contributed by atoms with Crippen LogP contribution in [0.4, 0.5) is 22.4 Å². The second-order valence-electron chi connectivity index (χ2n) is 6.64. The molecule has 31 heavy (non-hydrogen) atoms. The summed E-state index contributed by atoms with van der Waals surface area (Å²) in [5.74, 6) is -0.865. The third kappa shape index (κ3) is 4.41. The highest BCUT2D eigenvalue weighted by molar-refractivity contribution is 8.18. The second kappa shape index (κ2) is 8.07. The van der Waals surface area contributed by atoms with Crippen LogP contribution < -0.4 is 0 Å². The van der Waals surface area contributed by atoms with E-state index in [1.807, 2.05) is 0 Å². The van der Waals surface area contributed by atoms with Gasteiger partial charge in [0, 0.05) is 11.6 Å². The summed E-state index contributed by atoms with van der Waals surface area (Å²) in [6, 6.07) is 13.2. The number of rotatable bonds is 4. The smallest absolute Gasteiger partial charge is 0.417 e. The predicted molar refractivity (Wildman–Crippen MR) is 107 cm³/mol. The third-order valence-electron chi connectivity index (χ3n) is 4.53. The molecule has 158 valence electrons. The van der Waals surface area contributed by atoms with E-state index in [0.717, 1.165) is 11.0 Å². The highest BCUT2D eigenvalue weighted by Gasteiger charge is 2.36. The number of thioether (sulfide) groups is 1. The molecule has 1 aliphatic rings. The molecule has 1 aliphatic heterocycles. The minimum absolute atomic E-state index is 0.00952. The maximum Gasteiger partial charge on any atom is 0.417 e. The summed E-state index contributed by atoms with van der Waals surface area (Å²) in [5, 5.41) is -0.505. The Labute approximate surface area is 178 Å². The second-order valence-corrected chi connectivity index (χ2v) is 7.63. The zero-order valence-corrected chi connectivity index (χ0v) is 16.5. The molecule has 1 aromatic heterocycles. The van der Waals surface area contributed by atoms with Gasteiger partial charge >= 0.3 is 6.18 Å². The molecule has 1 saturated heterocycles. The van der Waals surface area contributed by atoms with Gasteiger partial charge in [0.25, 0.3) is 11.1 Å². The lowest BCUT2D eigenvalue weighted by molar-refractivity contribution is -0.137. The summed E-state index contributed by atoms with van der Waals surface area (Å²) in [5.41, 5.74) is -0.386. The van der Waals surface area contributed by atoms with Crippen LogP contribution in [0.3, 0.4) is 0 Å². The molecule has 9 heteroatoms. The van der Waals surface area contributed by atoms with E-state index < -0.39 is 28.7 Å². The SMILES string of the molecule is O=C1S/C(=C\c2ccc(-c3ccccc3C(F)(F)F)o2)C(=O)N1Cc1ccc(F)cc1. The van der Waals surface area contributed by atoms with Crippen molar-refractivity contribution < 1.29 is 31.6 Å². The molecule has 2 amide bonds. The topological polar surface area (TPSA) is 50.5 Å². The maximum absolute atomic E-state index is 13.2. The van der Waals surface area contributed by atoms with Crippen molar-refractivity contribution in [1.82, 2.24) is 4.90 Å². The lowest BCUT2D eigenvalue weighted by Gasteiger charge is -2.12. The molecule has 0 radical (unpaired) electrons. The Balaban J connectivity index is 1.57. The minimum Gasteiger partial charge on any atom is -0.457 e. The normalized spacial score (nSPS) is 15.9. The fourth-order valence-corrected chi connectivity index (χ4v) is 3.88. The summed E-state index contributed by atoms with van der Waals surface area (Å²) in [6.45, 7) is -0.0232. The average molecular weight is 447 g/mol. The van der Waals surface area contributed by atoms with Crippen molar-refractivity contribution in [2.45, 2.75) is 12.7 Å². The fraction of sp³-hybridized carbons (Fsp3) is 0.0909. The molecular weight excluding hydrogens is 434 g/mol. The molecule has 0 N–H and O–H groups in total. The molecule has 4 nitrogen and oxygen atoms in total. The number of furan rings is 1. The van der Waals surface area contributed by atoms with Gasteiger partial charge in [-0.3, -0.25) is 14.5 Å². The van der Waals surface area contributed by atoms with E-state index in [-0.39, 0.29) is 28.5 Å². The number of imide groups is 1. The number of hydrogen-bond donors (Lipinski definition) is 0. The molecule has 0 bridgehead atoms. The predicted octanol–water partition coefficient (Wildman–Crippen LogP) is 6.34. The van der Waals surface area contributed by atoms with Crippen LogP contribution in [0.2, 0.25) is 0 Å². The number of halogens is 4. The molecule has 4 rings (SSSR count). The van der Waals surface area contributed by atoms with Crippen molar-refractivity contribution in [3.05, 3.63) is 88.3 Å².